The molecule has 1 aromatic carbocycles. The van der Waals surface area contributed by atoms with Crippen molar-refractivity contribution in [2.75, 3.05) is 26.0 Å². The van der Waals surface area contributed by atoms with Crippen LogP contribution in [0.4, 0.5) is 5.69 Å². The number of carbonyl (C=O) groups is 2. The zero-order chi connectivity index (χ0) is 16.8. The third kappa shape index (κ3) is 7.04. The molecular formula is C17H24N2O3. The van der Waals surface area contributed by atoms with Crippen LogP contribution in [-0.2, 0) is 9.53 Å². The lowest BCUT2D eigenvalue weighted by Gasteiger charge is -2.19. The number of nitrogens with zero attached hydrogens (tertiary/aromatic N) is 1. The molecule has 1 N–H and O–H groups in total. The van der Waals surface area contributed by atoms with E-state index in [2.05, 4.69) is 5.32 Å². The Morgan fingerprint density at radius 3 is 2.27 bits per heavy atom. The summed E-state index contributed by atoms with van der Waals surface area (Å²) in [7, 11) is 3.86. The maximum atomic E-state index is 11.9. The number of nitrogens with one attached hydrogen (secondary N) is 1. The number of ether oxygens (including phenoxy) is 1. The van der Waals surface area contributed by atoms with Crippen molar-refractivity contribution in [1.29, 1.82) is 0 Å². The molecule has 0 saturated carbocycles. The van der Waals surface area contributed by atoms with Gasteiger partial charge in [0.15, 0.2) is 0 Å². The van der Waals surface area contributed by atoms with E-state index < -0.39 is 5.60 Å². The number of anilines is 1. The van der Waals surface area contributed by atoms with E-state index in [4.69, 9.17) is 4.74 Å². The van der Waals surface area contributed by atoms with E-state index in [-0.39, 0.29) is 11.9 Å². The number of rotatable bonds is 5. The second-order valence-electron chi connectivity index (χ2n) is 6.23. The number of likely N-dealkylation sites (N-methyl/N-ethyl adjacent to an activating group) is 1. The minimum absolute atomic E-state index is 0.202. The molecule has 0 atom stereocenters. The standard InChI is InChI=1S/C17H24N2O3/c1-17(2,3)22-16(21)13-8-10-14(11-9-13)18-15(20)7-6-12-19(4)5/h6-11H,12H2,1-5H3,(H,18,20)/b7-6+. The molecule has 0 bridgehead atoms. The van der Waals surface area contributed by atoms with Gasteiger partial charge in [-0.2, -0.15) is 0 Å². The van der Waals surface area contributed by atoms with Crippen LogP contribution in [0.5, 0.6) is 0 Å². The largest absolute Gasteiger partial charge is 0.456 e. The summed E-state index contributed by atoms with van der Waals surface area (Å²) in [6, 6.07) is 6.62. The Morgan fingerprint density at radius 1 is 1.18 bits per heavy atom. The molecule has 0 heterocycles. The maximum Gasteiger partial charge on any atom is 0.338 e. The highest BCUT2D eigenvalue weighted by molar-refractivity contribution is 5.99. The van der Waals surface area contributed by atoms with Crippen LogP contribution in [-0.4, -0.2) is 43.0 Å². The third-order valence-corrected chi connectivity index (χ3v) is 2.53. The van der Waals surface area contributed by atoms with Gasteiger partial charge in [-0.25, -0.2) is 4.79 Å². The molecule has 22 heavy (non-hydrogen) atoms. The Kier molecular flexibility index (Phi) is 6.31. The lowest BCUT2D eigenvalue weighted by Crippen LogP contribution is -2.23. The fraction of sp³-hybridized carbons (Fsp3) is 0.412. The summed E-state index contributed by atoms with van der Waals surface area (Å²) in [6.45, 7) is 6.16. The van der Waals surface area contributed by atoms with Gasteiger partial charge in [0.05, 0.1) is 5.56 Å². The maximum absolute atomic E-state index is 11.9. The van der Waals surface area contributed by atoms with Crippen molar-refractivity contribution in [3.63, 3.8) is 0 Å². The fourth-order valence-electron chi connectivity index (χ4n) is 1.58. The number of benzene rings is 1. The summed E-state index contributed by atoms with van der Waals surface area (Å²) in [6.07, 6.45) is 3.27. The van der Waals surface area contributed by atoms with Crippen LogP contribution < -0.4 is 5.32 Å². The lowest BCUT2D eigenvalue weighted by molar-refractivity contribution is -0.111. The van der Waals surface area contributed by atoms with E-state index >= 15 is 0 Å². The van der Waals surface area contributed by atoms with Crippen LogP contribution in [0, 0.1) is 0 Å². The van der Waals surface area contributed by atoms with Crippen LogP contribution in [0.15, 0.2) is 36.4 Å². The van der Waals surface area contributed by atoms with Crippen LogP contribution in [0.25, 0.3) is 0 Å². The second kappa shape index (κ2) is 7.75. The number of hydrogen-bond donors (Lipinski definition) is 1. The van der Waals surface area contributed by atoms with E-state index in [1.165, 1.54) is 6.08 Å². The van der Waals surface area contributed by atoms with Crippen molar-refractivity contribution < 1.29 is 14.3 Å². The Hall–Kier alpha value is -2.14. The summed E-state index contributed by atoms with van der Waals surface area (Å²) >= 11 is 0. The van der Waals surface area contributed by atoms with Gasteiger partial charge in [-0.3, -0.25) is 4.79 Å². The van der Waals surface area contributed by atoms with Crippen LogP contribution in [0.2, 0.25) is 0 Å². The number of hydrogen-bond acceptors (Lipinski definition) is 4. The highest BCUT2D eigenvalue weighted by Crippen LogP contribution is 2.14. The van der Waals surface area contributed by atoms with Gasteiger partial charge >= 0.3 is 5.97 Å². The Balaban J connectivity index is 2.60. The van der Waals surface area contributed by atoms with Gasteiger partial charge in [0.2, 0.25) is 5.91 Å². The number of carbonyl (C=O) groups excluding carboxylic acids is 2. The second-order valence-corrected chi connectivity index (χ2v) is 6.23. The molecule has 0 saturated heterocycles. The minimum Gasteiger partial charge on any atom is -0.456 e. The molecular weight excluding hydrogens is 280 g/mol. The third-order valence-electron chi connectivity index (χ3n) is 2.53. The molecule has 5 nitrogen and oxygen atoms in total. The molecule has 1 aromatic rings. The van der Waals surface area contributed by atoms with Crippen molar-refractivity contribution in [2.24, 2.45) is 0 Å². The summed E-state index contributed by atoms with van der Waals surface area (Å²) in [5, 5.41) is 2.73. The molecule has 0 aliphatic rings. The summed E-state index contributed by atoms with van der Waals surface area (Å²) in [4.78, 5) is 25.5. The van der Waals surface area contributed by atoms with Gasteiger partial charge in [0.1, 0.15) is 5.60 Å². The van der Waals surface area contributed by atoms with Crippen LogP contribution in [0.3, 0.4) is 0 Å². The molecule has 0 fully saturated rings. The molecule has 5 heteroatoms. The van der Waals surface area contributed by atoms with Crippen LogP contribution in [0.1, 0.15) is 31.1 Å². The minimum atomic E-state index is -0.527. The molecule has 120 valence electrons. The van der Waals surface area contributed by atoms with E-state index in [0.717, 1.165) is 0 Å². The zero-order valence-corrected chi connectivity index (χ0v) is 13.8. The van der Waals surface area contributed by atoms with E-state index in [0.29, 0.717) is 17.8 Å². The monoisotopic (exact) mass is 304 g/mol. The molecule has 0 spiro atoms. The van der Waals surface area contributed by atoms with E-state index in [9.17, 15) is 9.59 Å². The van der Waals surface area contributed by atoms with Gasteiger partial charge in [0.25, 0.3) is 0 Å². The predicted molar refractivity (Wildman–Crippen MR) is 87.9 cm³/mol. The van der Waals surface area contributed by atoms with Gasteiger partial charge < -0.3 is 15.0 Å². The average Bonchev–Trinajstić information content (AvgIpc) is 2.37. The topological polar surface area (TPSA) is 58.6 Å². The highest BCUT2D eigenvalue weighted by atomic mass is 16.6. The van der Waals surface area contributed by atoms with Crippen molar-refractivity contribution in [3.8, 4) is 0 Å². The fourth-order valence-corrected chi connectivity index (χ4v) is 1.58. The summed E-state index contributed by atoms with van der Waals surface area (Å²) in [5.74, 6) is -0.580. The first-order chi connectivity index (χ1) is 10.2. The first-order valence-corrected chi connectivity index (χ1v) is 7.13. The van der Waals surface area contributed by atoms with Crippen LogP contribution >= 0.6 is 0 Å². The molecule has 1 amide bonds. The molecule has 0 aliphatic carbocycles. The highest BCUT2D eigenvalue weighted by Gasteiger charge is 2.17. The Labute approximate surface area is 132 Å². The van der Waals surface area contributed by atoms with Gasteiger partial charge in [-0.05, 0) is 59.1 Å². The molecule has 0 aromatic heterocycles. The van der Waals surface area contributed by atoms with Crippen molar-refractivity contribution in [2.45, 2.75) is 26.4 Å². The average molecular weight is 304 g/mol. The van der Waals surface area contributed by atoms with Crippen molar-refractivity contribution in [3.05, 3.63) is 42.0 Å². The molecule has 0 radical (unpaired) electrons. The summed E-state index contributed by atoms with van der Waals surface area (Å²) in [5.41, 5.74) is 0.559. The smallest absolute Gasteiger partial charge is 0.338 e. The van der Waals surface area contributed by atoms with Crippen molar-refractivity contribution >= 4 is 17.6 Å². The van der Waals surface area contributed by atoms with Crippen molar-refractivity contribution in [1.82, 2.24) is 4.90 Å². The molecule has 1 rings (SSSR count). The summed E-state index contributed by atoms with van der Waals surface area (Å²) < 4.78 is 5.28. The van der Waals surface area contributed by atoms with Gasteiger partial charge in [-0.1, -0.05) is 6.08 Å². The Morgan fingerprint density at radius 2 is 1.77 bits per heavy atom. The number of esters is 1. The van der Waals surface area contributed by atoms with E-state index in [1.54, 1.807) is 30.3 Å². The molecule has 0 aliphatic heterocycles. The first kappa shape index (κ1) is 17.9. The first-order valence-electron chi connectivity index (χ1n) is 7.13. The zero-order valence-electron chi connectivity index (χ0n) is 13.8. The van der Waals surface area contributed by atoms with E-state index in [1.807, 2.05) is 39.8 Å². The molecule has 0 unspecified atom stereocenters. The SMILES string of the molecule is CN(C)C/C=C/C(=O)Nc1ccc(C(=O)OC(C)(C)C)cc1. The normalized spacial score (nSPS) is 11.7. The van der Waals surface area contributed by atoms with Gasteiger partial charge in [0, 0.05) is 18.3 Å². The quantitative estimate of drug-likeness (QED) is 0.671. The van der Waals surface area contributed by atoms with Gasteiger partial charge in [-0.15, -0.1) is 0 Å². The lowest BCUT2D eigenvalue weighted by atomic mass is 10.1. The Bertz CT molecular complexity index is 540. The predicted octanol–water partition coefficient (Wildman–Crippen LogP) is 2.70. The number of amides is 1.